The second-order valence-corrected chi connectivity index (χ2v) is 5.18. The molecule has 0 atom stereocenters. The van der Waals surface area contributed by atoms with E-state index in [-0.39, 0.29) is 5.91 Å². The quantitative estimate of drug-likeness (QED) is 0.700. The Hall–Kier alpha value is -2.75. The molecular formula is C17H16N2O2. The van der Waals surface area contributed by atoms with Gasteiger partial charge in [0.05, 0.1) is 0 Å². The second kappa shape index (κ2) is 4.98. The molecule has 1 aromatic heterocycles. The molecule has 4 nitrogen and oxygen atoms in total. The molecule has 2 aromatic carbocycles. The van der Waals surface area contributed by atoms with Gasteiger partial charge in [0.2, 0.25) is 0 Å². The van der Waals surface area contributed by atoms with E-state index >= 15 is 0 Å². The third kappa shape index (κ3) is 2.60. The number of nitrogens with one attached hydrogen (secondary N) is 1. The Kier molecular flexibility index (Phi) is 3.14. The Morgan fingerprint density at radius 1 is 1.10 bits per heavy atom. The normalized spacial score (nSPS) is 10.8. The number of anilines is 2. The average molecular weight is 280 g/mol. The molecule has 0 unspecified atom stereocenters. The van der Waals surface area contributed by atoms with Crippen molar-refractivity contribution >= 4 is 28.3 Å². The number of furan rings is 1. The van der Waals surface area contributed by atoms with Crippen LogP contribution in [-0.2, 0) is 0 Å². The zero-order chi connectivity index (χ0) is 15.0. The molecule has 0 fully saturated rings. The monoisotopic (exact) mass is 280 g/mol. The van der Waals surface area contributed by atoms with E-state index in [9.17, 15) is 4.79 Å². The summed E-state index contributed by atoms with van der Waals surface area (Å²) in [6.45, 7) is 3.90. The molecule has 1 amide bonds. The van der Waals surface area contributed by atoms with Gasteiger partial charge in [0, 0.05) is 16.8 Å². The standard InChI is InChI=1S/C17H16N2O2/c1-10-3-6-15-12(7-10)9-16(21-15)17(20)19-13-4-5-14(18)11(2)8-13/h3-9H,18H2,1-2H3,(H,19,20). The van der Waals surface area contributed by atoms with E-state index in [0.717, 1.165) is 16.5 Å². The Morgan fingerprint density at radius 3 is 2.67 bits per heavy atom. The van der Waals surface area contributed by atoms with E-state index in [1.54, 1.807) is 18.2 Å². The number of hydrogen-bond donors (Lipinski definition) is 2. The zero-order valence-corrected chi connectivity index (χ0v) is 11.9. The molecule has 0 saturated carbocycles. The third-order valence-electron chi connectivity index (χ3n) is 3.42. The predicted molar refractivity (Wildman–Crippen MR) is 84.5 cm³/mol. The van der Waals surface area contributed by atoms with Crippen molar-refractivity contribution in [2.75, 3.05) is 11.1 Å². The average Bonchev–Trinajstić information content (AvgIpc) is 2.86. The van der Waals surface area contributed by atoms with Gasteiger partial charge in [-0.25, -0.2) is 0 Å². The van der Waals surface area contributed by atoms with Crippen LogP contribution >= 0.6 is 0 Å². The lowest BCUT2D eigenvalue weighted by Crippen LogP contribution is -2.11. The smallest absolute Gasteiger partial charge is 0.291 e. The van der Waals surface area contributed by atoms with Crippen molar-refractivity contribution < 1.29 is 9.21 Å². The van der Waals surface area contributed by atoms with Crippen LogP contribution in [-0.4, -0.2) is 5.91 Å². The number of hydrogen-bond acceptors (Lipinski definition) is 3. The minimum absolute atomic E-state index is 0.270. The van der Waals surface area contributed by atoms with Crippen molar-refractivity contribution in [2.45, 2.75) is 13.8 Å². The van der Waals surface area contributed by atoms with Crippen LogP contribution < -0.4 is 11.1 Å². The largest absolute Gasteiger partial charge is 0.451 e. The van der Waals surface area contributed by atoms with Crippen LogP contribution in [0.25, 0.3) is 11.0 Å². The molecule has 4 heteroatoms. The van der Waals surface area contributed by atoms with E-state index in [2.05, 4.69) is 5.32 Å². The minimum atomic E-state index is -0.270. The molecule has 0 spiro atoms. The fourth-order valence-electron chi connectivity index (χ4n) is 2.22. The molecule has 0 aliphatic carbocycles. The highest BCUT2D eigenvalue weighted by atomic mass is 16.3. The van der Waals surface area contributed by atoms with Gasteiger partial charge in [-0.3, -0.25) is 4.79 Å². The number of benzene rings is 2. The van der Waals surface area contributed by atoms with Crippen LogP contribution in [0.1, 0.15) is 21.7 Å². The summed E-state index contributed by atoms with van der Waals surface area (Å²) < 4.78 is 5.57. The van der Waals surface area contributed by atoms with Crippen molar-refractivity contribution in [2.24, 2.45) is 0 Å². The van der Waals surface area contributed by atoms with Crippen molar-refractivity contribution in [1.29, 1.82) is 0 Å². The van der Waals surface area contributed by atoms with Crippen LogP contribution in [0.4, 0.5) is 11.4 Å². The molecule has 3 rings (SSSR count). The van der Waals surface area contributed by atoms with Crippen LogP contribution in [0, 0.1) is 13.8 Å². The summed E-state index contributed by atoms with van der Waals surface area (Å²) in [4.78, 5) is 12.2. The van der Waals surface area contributed by atoms with Gasteiger partial charge in [0.15, 0.2) is 5.76 Å². The second-order valence-electron chi connectivity index (χ2n) is 5.18. The van der Waals surface area contributed by atoms with Crippen LogP contribution in [0.15, 0.2) is 46.9 Å². The maximum Gasteiger partial charge on any atom is 0.291 e. The van der Waals surface area contributed by atoms with Crippen molar-refractivity contribution in [3.8, 4) is 0 Å². The molecule has 106 valence electrons. The summed E-state index contributed by atoms with van der Waals surface area (Å²) in [5.74, 6) is 0.0260. The number of amides is 1. The van der Waals surface area contributed by atoms with E-state index in [1.165, 1.54) is 0 Å². The molecule has 3 N–H and O–H groups in total. The lowest BCUT2D eigenvalue weighted by Gasteiger charge is -2.05. The highest BCUT2D eigenvalue weighted by Crippen LogP contribution is 2.22. The van der Waals surface area contributed by atoms with E-state index < -0.39 is 0 Å². The molecule has 21 heavy (non-hydrogen) atoms. The van der Waals surface area contributed by atoms with E-state index in [4.69, 9.17) is 10.2 Å². The highest BCUT2D eigenvalue weighted by molar-refractivity contribution is 6.04. The number of fused-ring (bicyclic) bond motifs is 1. The molecule has 3 aromatic rings. The SMILES string of the molecule is Cc1ccc2oc(C(=O)Nc3ccc(N)c(C)c3)cc2c1. The molecule has 0 aliphatic rings. The first-order valence-corrected chi connectivity index (χ1v) is 6.70. The van der Waals surface area contributed by atoms with Crippen molar-refractivity contribution in [1.82, 2.24) is 0 Å². The summed E-state index contributed by atoms with van der Waals surface area (Å²) in [6, 6.07) is 12.9. The predicted octanol–water partition coefficient (Wildman–Crippen LogP) is 3.88. The molecule has 0 bridgehead atoms. The first kappa shape index (κ1) is 13.2. The Balaban J connectivity index is 1.87. The first-order valence-electron chi connectivity index (χ1n) is 6.70. The number of rotatable bonds is 2. The number of carbonyl (C=O) groups is 1. The molecule has 1 heterocycles. The minimum Gasteiger partial charge on any atom is -0.451 e. The Bertz CT molecular complexity index is 834. The van der Waals surface area contributed by atoms with Gasteiger partial charge in [-0.15, -0.1) is 0 Å². The van der Waals surface area contributed by atoms with E-state index in [0.29, 0.717) is 22.7 Å². The van der Waals surface area contributed by atoms with Crippen molar-refractivity contribution in [3.63, 3.8) is 0 Å². The lowest BCUT2D eigenvalue weighted by molar-refractivity contribution is 0.0998. The van der Waals surface area contributed by atoms with Gasteiger partial charge in [0.25, 0.3) is 5.91 Å². The van der Waals surface area contributed by atoms with Crippen molar-refractivity contribution in [3.05, 3.63) is 59.4 Å². The fraction of sp³-hybridized carbons (Fsp3) is 0.118. The van der Waals surface area contributed by atoms with Gasteiger partial charge in [0.1, 0.15) is 5.58 Å². The number of aryl methyl sites for hydroxylation is 2. The Labute approximate surface area is 122 Å². The van der Waals surface area contributed by atoms with Gasteiger partial charge < -0.3 is 15.5 Å². The molecule has 0 saturated heterocycles. The maximum absolute atomic E-state index is 12.2. The topological polar surface area (TPSA) is 68.3 Å². The summed E-state index contributed by atoms with van der Waals surface area (Å²) >= 11 is 0. The number of nitrogen functional groups attached to an aromatic ring is 1. The molecular weight excluding hydrogens is 264 g/mol. The highest BCUT2D eigenvalue weighted by Gasteiger charge is 2.12. The number of nitrogens with two attached hydrogens (primary N) is 1. The molecule has 0 aliphatic heterocycles. The van der Waals surface area contributed by atoms with E-state index in [1.807, 2.05) is 38.1 Å². The van der Waals surface area contributed by atoms with Gasteiger partial charge in [-0.1, -0.05) is 11.6 Å². The summed E-state index contributed by atoms with van der Waals surface area (Å²) in [6.07, 6.45) is 0. The number of carbonyl (C=O) groups excluding carboxylic acids is 1. The van der Waals surface area contributed by atoms with Crippen LogP contribution in [0.2, 0.25) is 0 Å². The van der Waals surface area contributed by atoms with Gasteiger partial charge in [-0.2, -0.15) is 0 Å². The van der Waals surface area contributed by atoms with Crippen LogP contribution in [0.5, 0.6) is 0 Å². The maximum atomic E-state index is 12.2. The van der Waals surface area contributed by atoms with Gasteiger partial charge in [-0.05, 0) is 55.8 Å². The van der Waals surface area contributed by atoms with Crippen LogP contribution in [0.3, 0.4) is 0 Å². The first-order chi connectivity index (χ1) is 10.0. The Morgan fingerprint density at radius 2 is 1.90 bits per heavy atom. The van der Waals surface area contributed by atoms with Gasteiger partial charge >= 0.3 is 0 Å². The summed E-state index contributed by atoms with van der Waals surface area (Å²) in [5.41, 5.74) is 9.92. The fourth-order valence-corrected chi connectivity index (χ4v) is 2.22. The summed E-state index contributed by atoms with van der Waals surface area (Å²) in [7, 11) is 0. The molecule has 0 radical (unpaired) electrons. The third-order valence-corrected chi connectivity index (χ3v) is 3.42. The lowest BCUT2D eigenvalue weighted by atomic mass is 10.2. The summed E-state index contributed by atoms with van der Waals surface area (Å²) in [5, 5.41) is 3.74. The zero-order valence-electron chi connectivity index (χ0n) is 11.9.